The SMILES string of the molecule is C=C(c1c(Cl)c(Cl)c(Cl)c(Cl)c1Cl)C(OC(C(=C)c1c(Cl)c(Cl)c(Cl)c(Cl)c1Cl)c1ccccc1)c1ccccc1. The van der Waals surface area contributed by atoms with Crippen LogP contribution in [0.1, 0.15) is 34.5 Å². The molecule has 4 rings (SSSR count). The minimum Gasteiger partial charge on any atom is -0.356 e. The fraction of sp³-hybridized carbons (Fsp3) is 0.0667. The standard InChI is InChI=1S/C30H16Cl10O/c1-13(17-19(31)23(35)27(39)24(36)20(17)32)29(15-9-5-3-6-10-15)41-30(16-11-7-4-8-12-16)14(2)18-21(33)25(37)28(40)26(38)22(18)34/h3-12,29-30H,1-2H2. The van der Waals surface area contributed by atoms with Gasteiger partial charge in [0, 0.05) is 11.1 Å². The van der Waals surface area contributed by atoms with Crippen molar-refractivity contribution in [3.63, 3.8) is 0 Å². The van der Waals surface area contributed by atoms with E-state index in [4.69, 9.17) is 121 Å². The largest absolute Gasteiger partial charge is 0.356 e. The van der Waals surface area contributed by atoms with Gasteiger partial charge in [0.1, 0.15) is 12.2 Å². The van der Waals surface area contributed by atoms with Crippen molar-refractivity contribution in [2.75, 3.05) is 0 Å². The lowest BCUT2D eigenvalue weighted by molar-refractivity contribution is 0.0522. The molecule has 0 spiro atoms. The van der Waals surface area contributed by atoms with Crippen LogP contribution >= 0.6 is 116 Å². The summed E-state index contributed by atoms with van der Waals surface area (Å²) in [4.78, 5) is 0. The van der Waals surface area contributed by atoms with E-state index in [2.05, 4.69) is 13.2 Å². The maximum Gasteiger partial charge on any atom is 0.109 e. The molecule has 4 aromatic rings. The van der Waals surface area contributed by atoms with Crippen LogP contribution in [0.25, 0.3) is 11.1 Å². The lowest BCUT2D eigenvalue weighted by Crippen LogP contribution is -2.14. The van der Waals surface area contributed by atoms with Crippen LogP contribution in [0.15, 0.2) is 73.8 Å². The molecule has 2 unspecified atom stereocenters. The quantitative estimate of drug-likeness (QED) is 0.129. The van der Waals surface area contributed by atoms with Crippen molar-refractivity contribution in [2.24, 2.45) is 0 Å². The minimum atomic E-state index is -0.864. The van der Waals surface area contributed by atoms with Crippen molar-refractivity contribution < 1.29 is 4.74 Å². The predicted molar refractivity (Wildman–Crippen MR) is 181 cm³/mol. The van der Waals surface area contributed by atoms with E-state index in [0.29, 0.717) is 22.3 Å². The summed E-state index contributed by atoms with van der Waals surface area (Å²) in [6.07, 6.45) is -1.73. The van der Waals surface area contributed by atoms with Gasteiger partial charge in [-0.25, -0.2) is 0 Å². The maximum atomic E-state index is 6.82. The summed E-state index contributed by atoms with van der Waals surface area (Å²) in [7, 11) is 0. The van der Waals surface area contributed by atoms with E-state index in [1.165, 1.54) is 0 Å². The van der Waals surface area contributed by atoms with E-state index >= 15 is 0 Å². The molecule has 0 N–H and O–H groups in total. The second-order valence-corrected chi connectivity index (χ2v) is 12.4. The predicted octanol–water partition coefficient (Wildman–Crippen LogP) is 14.4. The van der Waals surface area contributed by atoms with Crippen LogP contribution in [0.2, 0.25) is 50.2 Å². The van der Waals surface area contributed by atoms with Crippen molar-refractivity contribution in [1.82, 2.24) is 0 Å². The molecule has 0 amide bonds. The van der Waals surface area contributed by atoms with Crippen LogP contribution in [-0.4, -0.2) is 0 Å². The third-order valence-electron chi connectivity index (χ3n) is 6.17. The zero-order valence-electron chi connectivity index (χ0n) is 20.5. The topological polar surface area (TPSA) is 9.23 Å². The monoisotopic (exact) mass is 742 g/mol. The maximum absolute atomic E-state index is 6.82. The molecule has 0 aliphatic heterocycles. The molecule has 0 heterocycles. The highest BCUT2D eigenvalue weighted by molar-refractivity contribution is 6.57. The number of ether oxygens (including phenoxy) is 1. The van der Waals surface area contributed by atoms with E-state index in [9.17, 15) is 0 Å². The molecule has 0 bridgehead atoms. The van der Waals surface area contributed by atoms with E-state index < -0.39 is 12.2 Å². The highest BCUT2D eigenvalue weighted by atomic mass is 35.5. The Morgan fingerprint density at radius 1 is 0.415 bits per heavy atom. The first-order chi connectivity index (χ1) is 19.4. The van der Waals surface area contributed by atoms with Gasteiger partial charge in [0.2, 0.25) is 0 Å². The Balaban J connectivity index is 1.93. The van der Waals surface area contributed by atoms with Gasteiger partial charge in [-0.05, 0) is 22.3 Å². The first-order valence-corrected chi connectivity index (χ1v) is 15.3. The summed E-state index contributed by atoms with van der Waals surface area (Å²) in [5, 5.41) is 0.420. The van der Waals surface area contributed by atoms with Crippen LogP contribution in [0.5, 0.6) is 0 Å². The molecule has 11 heteroatoms. The van der Waals surface area contributed by atoms with Gasteiger partial charge >= 0.3 is 0 Å². The summed E-state index contributed by atoms with van der Waals surface area (Å²) in [6.45, 7) is 8.59. The Bertz CT molecular complexity index is 1470. The summed E-state index contributed by atoms with van der Waals surface area (Å²) in [5.41, 5.74) is 2.67. The van der Waals surface area contributed by atoms with Gasteiger partial charge in [-0.3, -0.25) is 0 Å². The average Bonchev–Trinajstić information content (AvgIpc) is 2.98. The van der Waals surface area contributed by atoms with E-state index in [1.807, 2.05) is 60.7 Å². The van der Waals surface area contributed by atoms with Crippen LogP contribution in [-0.2, 0) is 4.74 Å². The van der Waals surface area contributed by atoms with Gasteiger partial charge in [-0.15, -0.1) is 0 Å². The Morgan fingerprint density at radius 2 is 0.659 bits per heavy atom. The number of hydrogen-bond donors (Lipinski definition) is 0. The van der Waals surface area contributed by atoms with Gasteiger partial charge in [0.05, 0.1) is 50.2 Å². The fourth-order valence-corrected chi connectivity index (χ4v) is 6.91. The molecule has 0 aliphatic rings. The lowest BCUT2D eigenvalue weighted by Gasteiger charge is -2.30. The smallest absolute Gasteiger partial charge is 0.109 e. The van der Waals surface area contributed by atoms with E-state index in [0.717, 1.165) is 0 Å². The molecule has 0 saturated heterocycles. The molecule has 0 radical (unpaired) electrons. The van der Waals surface area contributed by atoms with Crippen LogP contribution in [0.3, 0.4) is 0 Å². The van der Waals surface area contributed by atoms with Crippen molar-refractivity contribution in [3.05, 3.63) is 146 Å². The van der Waals surface area contributed by atoms with E-state index in [1.54, 1.807) is 0 Å². The lowest BCUT2D eigenvalue weighted by atomic mass is 9.93. The molecule has 2 atom stereocenters. The molecule has 0 fully saturated rings. The summed E-state index contributed by atoms with van der Waals surface area (Å²) in [5.74, 6) is 0. The number of benzene rings is 4. The molecular weight excluding hydrogens is 731 g/mol. The molecule has 0 aromatic heterocycles. The van der Waals surface area contributed by atoms with Gasteiger partial charge < -0.3 is 4.74 Å². The number of halogens is 10. The molecule has 41 heavy (non-hydrogen) atoms. The minimum absolute atomic E-state index is 0.0217. The zero-order chi connectivity index (χ0) is 30.2. The Morgan fingerprint density at radius 3 is 0.927 bits per heavy atom. The van der Waals surface area contributed by atoms with Crippen molar-refractivity contribution in [2.45, 2.75) is 12.2 Å². The number of rotatable bonds is 8. The summed E-state index contributed by atoms with van der Waals surface area (Å²) >= 11 is 64.6. The van der Waals surface area contributed by atoms with E-state index in [-0.39, 0.29) is 61.4 Å². The molecule has 0 aliphatic carbocycles. The Hall–Kier alpha value is -0.780. The van der Waals surface area contributed by atoms with Crippen LogP contribution in [0, 0.1) is 0 Å². The molecule has 212 valence electrons. The number of hydrogen-bond acceptors (Lipinski definition) is 1. The molecule has 4 aromatic carbocycles. The van der Waals surface area contributed by atoms with Crippen LogP contribution < -0.4 is 0 Å². The fourth-order valence-electron chi connectivity index (χ4n) is 4.15. The Kier molecular flexibility index (Phi) is 11.2. The average molecular weight is 747 g/mol. The van der Waals surface area contributed by atoms with Gasteiger partial charge in [-0.2, -0.15) is 0 Å². The first-order valence-electron chi connectivity index (χ1n) is 11.5. The second kappa shape index (κ2) is 13.9. The third-order valence-corrected chi connectivity index (χ3v) is 10.7. The molecule has 1 nitrogen and oxygen atoms in total. The summed E-state index contributed by atoms with van der Waals surface area (Å²) in [6, 6.07) is 18.6. The van der Waals surface area contributed by atoms with Gasteiger partial charge in [0.25, 0.3) is 0 Å². The molecule has 0 saturated carbocycles. The first kappa shape index (κ1) is 33.1. The highest BCUT2D eigenvalue weighted by Gasteiger charge is 2.32. The zero-order valence-corrected chi connectivity index (χ0v) is 28.1. The molecular formula is C30H16Cl10O. The second-order valence-electron chi connectivity index (χ2n) is 8.66. The summed E-state index contributed by atoms with van der Waals surface area (Å²) < 4.78 is 6.82. The third kappa shape index (κ3) is 6.53. The normalized spacial score (nSPS) is 12.7. The van der Waals surface area contributed by atoms with Crippen molar-refractivity contribution in [3.8, 4) is 0 Å². The van der Waals surface area contributed by atoms with Crippen molar-refractivity contribution in [1.29, 1.82) is 0 Å². The van der Waals surface area contributed by atoms with Crippen LogP contribution in [0.4, 0.5) is 0 Å². The highest BCUT2D eigenvalue weighted by Crippen LogP contribution is 2.52. The van der Waals surface area contributed by atoms with Gasteiger partial charge in [0.15, 0.2) is 0 Å². The van der Waals surface area contributed by atoms with Crippen molar-refractivity contribution >= 4 is 127 Å². The Labute approximate surface area is 288 Å². The van der Waals surface area contributed by atoms with Gasteiger partial charge in [-0.1, -0.05) is 190 Å².